The van der Waals surface area contributed by atoms with Crippen LogP contribution in [0.5, 0.6) is 0 Å². The zero-order valence-electron chi connectivity index (χ0n) is 9.13. The number of nitrogens with zero attached hydrogens (tertiary/aromatic N) is 3. The Kier molecular flexibility index (Phi) is 5.57. The summed E-state index contributed by atoms with van der Waals surface area (Å²) < 4.78 is 5.53. The molecular weight excluding hydrogens is 202 g/mol. The van der Waals surface area contributed by atoms with E-state index < -0.39 is 0 Å². The Morgan fingerprint density at radius 3 is 2.81 bits per heavy atom. The lowest BCUT2D eigenvalue weighted by Crippen LogP contribution is -2.07. The average molecular weight is 215 g/mol. The molecule has 82 valence electrons. The zero-order valence-corrected chi connectivity index (χ0v) is 9.13. The Morgan fingerprint density at radius 2 is 2.19 bits per heavy atom. The first-order valence-corrected chi connectivity index (χ1v) is 4.95. The molecule has 0 N–H and O–H groups in total. The molecule has 0 unspecified atom stereocenters. The van der Waals surface area contributed by atoms with E-state index in [1.165, 1.54) is 0 Å². The van der Waals surface area contributed by atoms with Crippen LogP contribution in [0.3, 0.4) is 0 Å². The maximum atomic E-state index is 8.31. The van der Waals surface area contributed by atoms with E-state index in [9.17, 15) is 0 Å². The van der Waals surface area contributed by atoms with Gasteiger partial charge in [0.25, 0.3) is 0 Å². The van der Waals surface area contributed by atoms with Crippen molar-refractivity contribution in [3.63, 3.8) is 0 Å². The first-order valence-electron chi connectivity index (χ1n) is 4.95. The lowest BCUT2D eigenvalue weighted by atomic mass is 10.1. The van der Waals surface area contributed by atoms with Crippen molar-refractivity contribution < 1.29 is 4.74 Å². The van der Waals surface area contributed by atoms with Crippen LogP contribution in [0, 0.1) is 11.8 Å². The van der Waals surface area contributed by atoms with Crippen molar-refractivity contribution in [2.24, 2.45) is 5.11 Å². The van der Waals surface area contributed by atoms with Gasteiger partial charge in [-0.05, 0) is 18.0 Å². The molecule has 0 spiro atoms. The fourth-order valence-corrected chi connectivity index (χ4v) is 1.25. The Morgan fingerprint density at radius 1 is 1.44 bits per heavy atom. The molecule has 16 heavy (non-hydrogen) atoms. The minimum absolute atomic E-state index is 0.224. The van der Waals surface area contributed by atoms with Gasteiger partial charge in [0.1, 0.15) is 6.61 Å². The topological polar surface area (TPSA) is 58.0 Å². The lowest BCUT2D eigenvalue weighted by Gasteiger charge is -2.14. The minimum Gasteiger partial charge on any atom is -0.361 e. The van der Waals surface area contributed by atoms with E-state index in [-0.39, 0.29) is 12.6 Å². The highest BCUT2D eigenvalue weighted by Crippen LogP contribution is 2.17. The van der Waals surface area contributed by atoms with Gasteiger partial charge in [-0.15, -0.1) is 5.92 Å². The quantitative estimate of drug-likeness (QED) is 0.322. The molecule has 0 aliphatic carbocycles. The van der Waals surface area contributed by atoms with Crippen molar-refractivity contribution in [3.05, 3.63) is 46.3 Å². The van der Waals surface area contributed by atoms with Crippen LogP contribution < -0.4 is 0 Å². The lowest BCUT2D eigenvalue weighted by molar-refractivity contribution is 0.0845. The summed E-state index contributed by atoms with van der Waals surface area (Å²) in [6, 6.07) is 9.66. The van der Waals surface area contributed by atoms with Crippen molar-refractivity contribution in [3.8, 4) is 11.8 Å². The average Bonchev–Trinajstić information content (AvgIpc) is 2.35. The number of benzene rings is 1. The summed E-state index contributed by atoms with van der Waals surface area (Å²) in [4.78, 5) is 2.74. The van der Waals surface area contributed by atoms with Crippen LogP contribution in [-0.4, -0.2) is 13.2 Å². The highest BCUT2D eigenvalue weighted by molar-refractivity contribution is 5.18. The highest BCUT2D eigenvalue weighted by atomic mass is 16.5. The van der Waals surface area contributed by atoms with Gasteiger partial charge in [0.05, 0.1) is 12.6 Å². The molecule has 1 aromatic rings. The maximum Gasteiger partial charge on any atom is 0.108 e. The van der Waals surface area contributed by atoms with Gasteiger partial charge in [-0.25, -0.2) is 0 Å². The van der Waals surface area contributed by atoms with Gasteiger partial charge in [0.15, 0.2) is 0 Å². The van der Waals surface area contributed by atoms with Crippen LogP contribution in [0.4, 0.5) is 0 Å². The van der Waals surface area contributed by atoms with E-state index in [4.69, 9.17) is 10.3 Å². The molecule has 0 amide bonds. The SMILES string of the molecule is CC#CCO[C@@H](CN=[N+]=[N-])c1ccccc1. The van der Waals surface area contributed by atoms with E-state index in [2.05, 4.69) is 21.9 Å². The fraction of sp³-hybridized carbons (Fsp3) is 0.333. The number of rotatable bonds is 5. The van der Waals surface area contributed by atoms with Gasteiger partial charge in [0.2, 0.25) is 0 Å². The third-order valence-corrected chi connectivity index (χ3v) is 2.02. The summed E-state index contributed by atoms with van der Waals surface area (Å²) in [6.07, 6.45) is -0.224. The number of ether oxygens (including phenoxy) is 1. The summed E-state index contributed by atoms with van der Waals surface area (Å²) in [5.41, 5.74) is 9.30. The number of azide groups is 1. The van der Waals surface area contributed by atoms with Gasteiger partial charge >= 0.3 is 0 Å². The van der Waals surface area contributed by atoms with Crippen LogP contribution in [0.1, 0.15) is 18.6 Å². The van der Waals surface area contributed by atoms with Crippen LogP contribution in [0.15, 0.2) is 35.4 Å². The standard InChI is InChI=1S/C12H13N3O/c1-2-3-9-16-12(10-14-15-13)11-7-5-4-6-8-11/h4-8,12H,9-10H2,1H3/t12-/m0/s1. The molecule has 0 heterocycles. The van der Waals surface area contributed by atoms with Crippen LogP contribution in [-0.2, 0) is 4.74 Å². The molecular formula is C12H13N3O. The Labute approximate surface area is 94.9 Å². The number of hydrogen-bond donors (Lipinski definition) is 0. The van der Waals surface area contributed by atoms with Crippen LogP contribution in [0.25, 0.3) is 10.4 Å². The molecule has 4 heteroatoms. The third-order valence-electron chi connectivity index (χ3n) is 2.02. The second-order valence-electron chi connectivity index (χ2n) is 3.05. The predicted octanol–water partition coefficient (Wildman–Crippen LogP) is 3.08. The maximum absolute atomic E-state index is 8.31. The molecule has 1 aromatic carbocycles. The largest absolute Gasteiger partial charge is 0.361 e. The Hall–Kier alpha value is -1.95. The van der Waals surface area contributed by atoms with Crippen molar-refractivity contribution in [1.29, 1.82) is 0 Å². The van der Waals surface area contributed by atoms with Gasteiger partial charge in [-0.3, -0.25) is 0 Å². The fourth-order valence-electron chi connectivity index (χ4n) is 1.25. The molecule has 0 aliphatic rings. The van der Waals surface area contributed by atoms with Crippen LogP contribution >= 0.6 is 0 Å². The summed E-state index contributed by atoms with van der Waals surface area (Å²) in [7, 11) is 0. The monoisotopic (exact) mass is 215 g/mol. The Bertz CT molecular complexity index is 413. The first-order chi connectivity index (χ1) is 7.88. The van der Waals surface area contributed by atoms with E-state index in [1.54, 1.807) is 6.92 Å². The molecule has 0 aliphatic heterocycles. The van der Waals surface area contributed by atoms with Gasteiger partial charge in [-0.1, -0.05) is 41.4 Å². The first kappa shape index (κ1) is 12.1. The van der Waals surface area contributed by atoms with Gasteiger partial charge < -0.3 is 4.74 Å². The Balaban J connectivity index is 2.69. The summed E-state index contributed by atoms with van der Waals surface area (Å²) >= 11 is 0. The van der Waals surface area contributed by atoms with E-state index in [0.29, 0.717) is 6.61 Å². The molecule has 1 atom stereocenters. The molecule has 1 rings (SSSR count). The molecule has 0 aromatic heterocycles. The van der Waals surface area contributed by atoms with Crippen molar-refractivity contribution in [2.45, 2.75) is 13.0 Å². The zero-order chi connectivity index (χ0) is 11.6. The molecule has 4 nitrogen and oxygen atoms in total. The third kappa shape index (κ3) is 4.05. The van der Waals surface area contributed by atoms with E-state index in [0.717, 1.165) is 5.56 Å². The number of hydrogen-bond acceptors (Lipinski definition) is 2. The molecule has 0 saturated heterocycles. The van der Waals surface area contributed by atoms with E-state index in [1.807, 2.05) is 30.3 Å². The van der Waals surface area contributed by atoms with Crippen LogP contribution in [0.2, 0.25) is 0 Å². The van der Waals surface area contributed by atoms with Crippen molar-refractivity contribution in [1.82, 2.24) is 0 Å². The van der Waals surface area contributed by atoms with Gasteiger partial charge in [-0.2, -0.15) is 0 Å². The summed E-state index contributed by atoms with van der Waals surface area (Å²) in [6.45, 7) is 2.39. The molecule has 0 fully saturated rings. The predicted molar refractivity (Wildman–Crippen MR) is 62.6 cm³/mol. The highest BCUT2D eigenvalue weighted by Gasteiger charge is 2.09. The smallest absolute Gasteiger partial charge is 0.108 e. The summed E-state index contributed by atoms with van der Waals surface area (Å²) in [5, 5.41) is 3.53. The van der Waals surface area contributed by atoms with Crippen molar-refractivity contribution in [2.75, 3.05) is 13.2 Å². The van der Waals surface area contributed by atoms with E-state index >= 15 is 0 Å². The molecule has 0 radical (unpaired) electrons. The second kappa shape index (κ2) is 7.36. The molecule has 0 saturated carbocycles. The summed E-state index contributed by atoms with van der Waals surface area (Å²) in [5.74, 6) is 5.57. The normalized spacial score (nSPS) is 10.8. The van der Waals surface area contributed by atoms with Gasteiger partial charge in [0, 0.05) is 4.91 Å². The molecule has 0 bridgehead atoms. The second-order valence-corrected chi connectivity index (χ2v) is 3.05. The minimum atomic E-state index is -0.224. The van der Waals surface area contributed by atoms with Crippen molar-refractivity contribution >= 4 is 0 Å².